The maximum Gasteiger partial charge on any atom is 0.490 e. The zero-order valence-corrected chi connectivity index (χ0v) is 18.8. The lowest BCUT2D eigenvalue weighted by Crippen LogP contribution is -2.59. The Morgan fingerprint density at radius 2 is 1.45 bits per heavy atom. The summed E-state index contributed by atoms with van der Waals surface area (Å²) in [7, 11) is 0. The molecule has 5 nitrogen and oxygen atoms in total. The molecule has 4 fully saturated rings. The third-order valence-corrected chi connectivity index (χ3v) is 7.93. The van der Waals surface area contributed by atoms with E-state index in [0.717, 1.165) is 13.0 Å². The van der Waals surface area contributed by atoms with Crippen molar-refractivity contribution in [2.45, 2.75) is 104 Å². The molecule has 1 aliphatic heterocycles. The van der Waals surface area contributed by atoms with Crippen LogP contribution in [0.15, 0.2) is 0 Å². The molecule has 5 aliphatic rings. The second-order valence-electron chi connectivity index (χ2n) is 12.0. The average molecular weight is 442 g/mol. The van der Waals surface area contributed by atoms with E-state index in [2.05, 4.69) is 30.4 Å². The van der Waals surface area contributed by atoms with E-state index in [4.69, 9.17) is 15.0 Å². The topological polar surface area (TPSA) is 68.0 Å². The highest BCUT2D eigenvalue weighted by molar-refractivity contribution is 5.73. The predicted octanol–water partition coefficient (Wildman–Crippen LogP) is 5.57. The van der Waals surface area contributed by atoms with Crippen LogP contribution in [0, 0.1) is 21.7 Å². The monoisotopic (exact) mass is 441 g/mol. The van der Waals surface area contributed by atoms with Gasteiger partial charge < -0.3 is 9.67 Å². The zero-order chi connectivity index (χ0) is 22.7. The first kappa shape index (κ1) is 22.6. The SMILES string of the molecule is CC12CC3(C)CC(C)(C1)CC(Cc1nnc4n1CCCCC4)(C2)C3.O=C(O)C(F)(F)F. The van der Waals surface area contributed by atoms with Gasteiger partial charge in [-0.1, -0.05) is 27.2 Å². The van der Waals surface area contributed by atoms with Crippen LogP contribution in [-0.2, 0) is 24.2 Å². The van der Waals surface area contributed by atoms with Crippen LogP contribution in [0.3, 0.4) is 0 Å². The fraction of sp³-hybridized carbons (Fsp3) is 0.870. The van der Waals surface area contributed by atoms with E-state index < -0.39 is 12.1 Å². The number of aliphatic carboxylic acids is 1. The number of hydrogen-bond donors (Lipinski definition) is 1. The molecular formula is C23H34F3N3O2. The van der Waals surface area contributed by atoms with Crippen molar-refractivity contribution in [1.29, 1.82) is 0 Å². The highest BCUT2D eigenvalue weighted by atomic mass is 19.4. The summed E-state index contributed by atoms with van der Waals surface area (Å²) in [5.74, 6) is -0.187. The van der Waals surface area contributed by atoms with Crippen molar-refractivity contribution in [2.24, 2.45) is 21.7 Å². The lowest BCUT2D eigenvalue weighted by Gasteiger charge is -2.69. The lowest BCUT2D eigenvalue weighted by molar-refractivity contribution is -0.192. The number of rotatable bonds is 2. The molecule has 0 radical (unpaired) electrons. The van der Waals surface area contributed by atoms with E-state index in [1.54, 1.807) is 0 Å². The van der Waals surface area contributed by atoms with Crippen LogP contribution in [0.4, 0.5) is 13.2 Å². The minimum absolute atomic E-state index is 0.489. The standard InChI is InChI=1S/C21H33N3.C2HF3O2/c1-18-10-19(2)12-20(3,11-18)15-21(13-18,14-19)9-17-23-22-16-7-5-4-6-8-24(16)17;3-2(4,5)1(6)7/h4-15H2,1-3H3;(H,6,7). The molecule has 6 rings (SSSR count). The first-order valence-corrected chi connectivity index (χ1v) is 11.5. The quantitative estimate of drug-likeness (QED) is 0.652. The summed E-state index contributed by atoms with van der Waals surface area (Å²) < 4.78 is 34.2. The Balaban J connectivity index is 0.000000289. The van der Waals surface area contributed by atoms with Crippen LogP contribution in [-0.4, -0.2) is 32.0 Å². The number of aromatic nitrogens is 3. The zero-order valence-electron chi connectivity index (χ0n) is 18.8. The van der Waals surface area contributed by atoms with Crippen molar-refractivity contribution in [3.8, 4) is 0 Å². The van der Waals surface area contributed by atoms with E-state index in [1.165, 1.54) is 75.9 Å². The van der Waals surface area contributed by atoms with E-state index in [0.29, 0.717) is 21.7 Å². The fourth-order valence-corrected chi connectivity index (χ4v) is 8.76. The highest BCUT2D eigenvalue weighted by Crippen LogP contribution is 2.74. The number of halogens is 3. The molecule has 4 saturated carbocycles. The summed E-state index contributed by atoms with van der Waals surface area (Å²) in [5.41, 5.74) is 2.20. The highest BCUT2D eigenvalue weighted by Gasteiger charge is 2.64. The number of alkyl halides is 3. The summed E-state index contributed by atoms with van der Waals surface area (Å²) in [5, 5.41) is 16.4. The minimum Gasteiger partial charge on any atom is -0.475 e. The molecule has 0 unspecified atom stereocenters. The van der Waals surface area contributed by atoms with Gasteiger partial charge in [0.2, 0.25) is 0 Å². The minimum atomic E-state index is -5.08. The van der Waals surface area contributed by atoms with E-state index in [9.17, 15) is 13.2 Å². The normalized spacial score (nSPS) is 38.8. The van der Waals surface area contributed by atoms with Crippen LogP contribution in [0.1, 0.15) is 90.2 Å². The molecule has 4 bridgehead atoms. The average Bonchev–Trinajstić information content (AvgIpc) is 2.78. The molecule has 174 valence electrons. The van der Waals surface area contributed by atoms with Gasteiger partial charge in [-0.05, 0) is 73.0 Å². The van der Waals surface area contributed by atoms with Gasteiger partial charge in [0.1, 0.15) is 11.6 Å². The number of carboxylic acids is 1. The molecule has 1 aromatic heterocycles. The van der Waals surface area contributed by atoms with Gasteiger partial charge in [0, 0.05) is 19.4 Å². The van der Waals surface area contributed by atoms with Gasteiger partial charge in [0.05, 0.1) is 0 Å². The van der Waals surface area contributed by atoms with Gasteiger partial charge in [-0.15, -0.1) is 10.2 Å². The van der Waals surface area contributed by atoms with Crippen molar-refractivity contribution in [3.05, 3.63) is 11.6 Å². The van der Waals surface area contributed by atoms with Gasteiger partial charge in [0.15, 0.2) is 0 Å². The Hall–Kier alpha value is -1.60. The molecule has 4 aliphatic carbocycles. The molecule has 0 amide bonds. The largest absolute Gasteiger partial charge is 0.490 e. The Morgan fingerprint density at radius 1 is 0.935 bits per heavy atom. The number of fused-ring (bicyclic) bond motifs is 1. The van der Waals surface area contributed by atoms with Gasteiger partial charge in [-0.3, -0.25) is 0 Å². The second kappa shape index (κ2) is 7.20. The molecule has 31 heavy (non-hydrogen) atoms. The number of carboxylic acid groups (broad SMARTS) is 1. The van der Waals surface area contributed by atoms with Gasteiger partial charge >= 0.3 is 12.1 Å². The summed E-state index contributed by atoms with van der Waals surface area (Å²) in [6.07, 6.45) is 9.81. The fourth-order valence-electron chi connectivity index (χ4n) is 8.76. The molecule has 0 saturated heterocycles. The van der Waals surface area contributed by atoms with E-state index in [1.807, 2.05) is 0 Å². The maximum absolute atomic E-state index is 10.6. The van der Waals surface area contributed by atoms with Crippen LogP contribution < -0.4 is 0 Å². The second-order valence-corrected chi connectivity index (χ2v) is 12.0. The van der Waals surface area contributed by atoms with Crippen molar-refractivity contribution < 1.29 is 23.1 Å². The third kappa shape index (κ3) is 4.49. The molecule has 0 aromatic carbocycles. The molecule has 8 heteroatoms. The van der Waals surface area contributed by atoms with Crippen molar-refractivity contribution in [3.63, 3.8) is 0 Å². The summed E-state index contributed by atoms with van der Waals surface area (Å²) in [4.78, 5) is 8.90. The van der Waals surface area contributed by atoms with Crippen molar-refractivity contribution in [1.82, 2.24) is 14.8 Å². The Kier molecular flexibility index (Phi) is 5.25. The van der Waals surface area contributed by atoms with E-state index >= 15 is 0 Å². The first-order chi connectivity index (χ1) is 14.2. The molecule has 0 atom stereocenters. The number of carbonyl (C=O) groups is 1. The number of hydrogen-bond acceptors (Lipinski definition) is 3. The Bertz CT molecular complexity index is 809. The number of aryl methyl sites for hydroxylation is 1. The van der Waals surface area contributed by atoms with E-state index in [-0.39, 0.29) is 0 Å². The summed E-state index contributed by atoms with van der Waals surface area (Å²) >= 11 is 0. The maximum atomic E-state index is 10.6. The van der Waals surface area contributed by atoms with Crippen LogP contribution in [0.5, 0.6) is 0 Å². The Labute approximate surface area is 181 Å². The first-order valence-electron chi connectivity index (χ1n) is 11.5. The van der Waals surface area contributed by atoms with Gasteiger partial charge in [-0.25, -0.2) is 4.79 Å². The third-order valence-electron chi connectivity index (χ3n) is 7.93. The van der Waals surface area contributed by atoms with Crippen LogP contribution in [0.2, 0.25) is 0 Å². The molecule has 0 spiro atoms. The Morgan fingerprint density at radius 3 is 1.94 bits per heavy atom. The molecule has 2 heterocycles. The number of nitrogens with zero attached hydrogens (tertiary/aromatic N) is 3. The molecule has 1 aromatic rings. The van der Waals surface area contributed by atoms with Crippen LogP contribution in [0.25, 0.3) is 0 Å². The smallest absolute Gasteiger partial charge is 0.475 e. The predicted molar refractivity (Wildman–Crippen MR) is 109 cm³/mol. The van der Waals surface area contributed by atoms with Crippen molar-refractivity contribution in [2.75, 3.05) is 0 Å². The molecule has 1 N–H and O–H groups in total. The van der Waals surface area contributed by atoms with Gasteiger partial charge in [-0.2, -0.15) is 13.2 Å². The summed E-state index contributed by atoms with van der Waals surface area (Å²) in [6, 6.07) is 0. The molecular weight excluding hydrogens is 407 g/mol. The van der Waals surface area contributed by atoms with Crippen LogP contribution >= 0.6 is 0 Å². The lowest BCUT2D eigenvalue weighted by atomic mass is 9.36. The van der Waals surface area contributed by atoms with Gasteiger partial charge in [0.25, 0.3) is 0 Å². The van der Waals surface area contributed by atoms with Crippen molar-refractivity contribution >= 4 is 5.97 Å². The summed E-state index contributed by atoms with van der Waals surface area (Å²) in [6.45, 7) is 8.90.